The zero-order valence-corrected chi connectivity index (χ0v) is 20.7. The molecule has 3 heteroatoms. The van der Waals surface area contributed by atoms with Gasteiger partial charge in [0.1, 0.15) is 0 Å². The molecule has 0 spiro atoms. The maximum absolute atomic E-state index is 6.37. The van der Waals surface area contributed by atoms with Crippen LogP contribution in [-0.2, 0) is 9.31 Å². The van der Waals surface area contributed by atoms with Crippen LogP contribution >= 0.6 is 0 Å². The third-order valence-corrected chi connectivity index (χ3v) is 7.70. The Morgan fingerprint density at radius 3 is 1.60 bits per heavy atom. The first-order valence-electron chi connectivity index (χ1n) is 12.3. The Morgan fingerprint density at radius 1 is 0.486 bits per heavy atom. The van der Waals surface area contributed by atoms with Crippen LogP contribution in [0.2, 0.25) is 0 Å². The average Bonchev–Trinajstić information content (AvgIpc) is 3.09. The summed E-state index contributed by atoms with van der Waals surface area (Å²) < 4.78 is 12.7. The van der Waals surface area contributed by atoms with Gasteiger partial charge >= 0.3 is 7.12 Å². The van der Waals surface area contributed by atoms with Crippen molar-refractivity contribution in [3.05, 3.63) is 103 Å². The van der Waals surface area contributed by atoms with Gasteiger partial charge in [-0.1, -0.05) is 84.9 Å². The second-order valence-corrected chi connectivity index (χ2v) is 10.5. The van der Waals surface area contributed by atoms with Crippen LogP contribution in [0.5, 0.6) is 0 Å². The number of rotatable bonds is 3. The van der Waals surface area contributed by atoms with Crippen molar-refractivity contribution >= 4 is 34.1 Å². The van der Waals surface area contributed by atoms with E-state index in [2.05, 4.69) is 131 Å². The third-order valence-electron chi connectivity index (χ3n) is 7.70. The summed E-state index contributed by atoms with van der Waals surface area (Å²) in [5.74, 6) is 0. The van der Waals surface area contributed by atoms with E-state index >= 15 is 0 Å². The number of hydrogen-bond acceptors (Lipinski definition) is 2. The van der Waals surface area contributed by atoms with Crippen LogP contribution in [0, 0.1) is 0 Å². The Bertz CT molecular complexity index is 1550. The van der Waals surface area contributed by atoms with Crippen molar-refractivity contribution in [2.75, 3.05) is 0 Å². The average molecular weight is 456 g/mol. The molecule has 1 aliphatic rings. The van der Waals surface area contributed by atoms with Gasteiger partial charge in [-0.05, 0) is 95.2 Å². The summed E-state index contributed by atoms with van der Waals surface area (Å²) in [6.45, 7) is 8.38. The molecule has 5 aromatic carbocycles. The highest BCUT2D eigenvalue weighted by Gasteiger charge is 2.52. The molecule has 0 unspecified atom stereocenters. The molecule has 6 rings (SSSR count). The lowest BCUT2D eigenvalue weighted by molar-refractivity contribution is 0.00578. The Labute approximate surface area is 207 Å². The predicted molar refractivity (Wildman–Crippen MR) is 148 cm³/mol. The molecule has 1 saturated heterocycles. The van der Waals surface area contributed by atoms with E-state index in [1.54, 1.807) is 0 Å². The first kappa shape index (κ1) is 22.1. The Kier molecular flexibility index (Phi) is 5.10. The molecule has 0 radical (unpaired) electrons. The minimum Gasteiger partial charge on any atom is -0.399 e. The standard InChI is InChI=1S/C32H29BO2/c1-31(2)32(3,4)35-33(34-31)30-12-8-7-11-29(30)28-18-17-26-20-25(15-16-27(26)21-28)24-14-13-22-9-5-6-10-23(22)19-24/h5-21H,1-4H3. The highest BCUT2D eigenvalue weighted by Crippen LogP contribution is 2.37. The molecule has 0 saturated carbocycles. The number of fused-ring (bicyclic) bond motifs is 2. The van der Waals surface area contributed by atoms with Crippen LogP contribution in [0.4, 0.5) is 0 Å². The van der Waals surface area contributed by atoms with E-state index < -0.39 is 0 Å². The first-order chi connectivity index (χ1) is 16.8. The molecule has 172 valence electrons. The summed E-state index contributed by atoms with van der Waals surface area (Å²) >= 11 is 0. The molecular weight excluding hydrogens is 427 g/mol. The van der Waals surface area contributed by atoms with E-state index in [-0.39, 0.29) is 18.3 Å². The van der Waals surface area contributed by atoms with Crippen molar-refractivity contribution in [1.82, 2.24) is 0 Å². The van der Waals surface area contributed by atoms with E-state index in [9.17, 15) is 0 Å². The van der Waals surface area contributed by atoms with Gasteiger partial charge in [-0.25, -0.2) is 0 Å². The lowest BCUT2D eigenvalue weighted by Crippen LogP contribution is -2.41. The smallest absolute Gasteiger partial charge is 0.399 e. The fraction of sp³-hybridized carbons (Fsp3) is 0.188. The van der Waals surface area contributed by atoms with Crippen molar-refractivity contribution in [1.29, 1.82) is 0 Å². The van der Waals surface area contributed by atoms with Crippen LogP contribution in [-0.4, -0.2) is 18.3 Å². The van der Waals surface area contributed by atoms with E-state index in [1.807, 2.05) is 0 Å². The largest absolute Gasteiger partial charge is 0.495 e. The van der Waals surface area contributed by atoms with Gasteiger partial charge in [0.2, 0.25) is 0 Å². The fourth-order valence-corrected chi connectivity index (χ4v) is 4.90. The van der Waals surface area contributed by atoms with Crippen molar-refractivity contribution in [3.63, 3.8) is 0 Å². The molecule has 0 aliphatic carbocycles. The molecule has 0 atom stereocenters. The second-order valence-electron chi connectivity index (χ2n) is 10.5. The van der Waals surface area contributed by atoms with E-state index in [1.165, 1.54) is 38.2 Å². The SMILES string of the molecule is CC1(C)OB(c2ccccc2-c2ccc3cc(-c4ccc5ccccc5c4)ccc3c2)OC1(C)C. The zero-order valence-electron chi connectivity index (χ0n) is 20.7. The van der Waals surface area contributed by atoms with Crippen LogP contribution in [0.15, 0.2) is 103 Å². The quantitative estimate of drug-likeness (QED) is 0.260. The number of hydrogen-bond donors (Lipinski definition) is 0. The molecule has 1 fully saturated rings. The van der Waals surface area contributed by atoms with E-state index in [4.69, 9.17) is 9.31 Å². The Morgan fingerprint density at radius 2 is 0.943 bits per heavy atom. The van der Waals surface area contributed by atoms with Crippen LogP contribution < -0.4 is 5.46 Å². The zero-order chi connectivity index (χ0) is 24.2. The minimum atomic E-state index is -0.387. The monoisotopic (exact) mass is 456 g/mol. The first-order valence-corrected chi connectivity index (χ1v) is 12.3. The molecule has 1 heterocycles. The van der Waals surface area contributed by atoms with Gasteiger partial charge in [-0.15, -0.1) is 0 Å². The molecule has 0 aromatic heterocycles. The topological polar surface area (TPSA) is 18.5 Å². The highest BCUT2D eigenvalue weighted by atomic mass is 16.7. The lowest BCUT2D eigenvalue weighted by Gasteiger charge is -2.32. The second kappa shape index (κ2) is 8.08. The maximum Gasteiger partial charge on any atom is 0.495 e. The Balaban J connectivity index is 1.37. The lowest BCUT2D eigenvalue weighted by atomic mass is 9.74. The van der Waals surface area contributed by atoms with Crippen molar-refractivity contribution < 1.29 is 9.31 Å². The minimum absolute atomic E-state index is 0.368. The molecule has 5 aromatic rings. The summed E-state index contributed by atoms with van der Waals surface area (Å²) in [5.41, 5.74) is 5.11. The Hall–Kier alpha value is -3.40. The van der Waals surface area contributed by atoms with E-state index in [0.717, 1.165) is 11.0 Å². The maximum atomic E-state index is 6.37. The predicted octanol–water partition coefficient (Wildman–Crippen LogP) is 7.63. The van der Waals surface area contributed by atoms with Crippen molar-refractivity contribution in [2.45, 2.75) is 38.9 Å². The highest BCUT2D eigenvalue weighted by molar-refractivity contribution is 6.63. The number of benzene rings is 5. The van der Waals surface area contributed by atoms with Crippen molar-refractivity contribution in [3.8, 4) is 22.3 Å². The molecular formula is C32H29BO2. The molecule has 0 N–H and O–H groups in total. The summed E-state index contributed by atoms with van der Waals surface area (Å²) in [7, 11) is -0.387. The molecule has 0 bridgehead atoms. The summed E-state index contributed by atoms with van der Waals surface area (Å²) in [4.78, 5) is 0. The van der Waals surface area contributed by atoms with Gasteiger partial charge in [0.05, 0.1) is 11.2 Å². The van der Waals surface area contributed by atoms with Gasteiger partial charge in [0.25, 0.3) is 0 Å². The molecule has 2 nitrogen and oxygen atoms in total. The summed E-state index contributed by atoms with van der Waals surface area (Å²) in [6.07, 6.45) is 0. The molecule has 0 amide bonds. The van der Waals surface area contributed by atoms with Crippen LogP contribution in [0.25, 0.3) is 43.8 Å². The normalized spacial score (nSPS) is 16.7. The molecule has 35 heavy (non-hydrogen) atoms. The third kappa shape index (κ3) is 3.85. The molecule has 1 aliphatic heterocycles. The van der Waals surface area contributed by atoms with Gasteiger partial charge < -0.3 is 9.31 Å². The van der Waals surface area contributed by atoms with Crippen molar-refractivity contribution in [2.24, 2.45) is 0 Å². The van der Waals surface area contributed by atoms with E-state index in [0.29, 0.717) is 0 Å². The van der Waals surface area contributed by atoms with Crippen LogP contribution in [0.3, 0.4) is 0 Å². The van der Waals surface area contributed by atoms with Gasteiger partial charge in [0.15, 0.2) is 0 Å². The summed E-state index contributed by atoms with van der Waals surface area (Å²) in [5, 5.41) is 4.98. The van der Waals surface area contributed by atoms with Crippen LogP contribution in [0.1, 0.15) is 27.7 Å². The van der Waals surface area contributed by atoms with Gasteiger partial charge in [-0.3, -0.25) is 0 Å². The van der Waals surface area contributed by atoms with Gasteiger partial charge in [-0.2, -0.15) is 0 Å². The van der Waals surface area contributed by atoms with Gasteiger partial charge in [0, 0.05) is 0 Å². The summed E-state index contributed by atoms with van der Waals surface area (Å²) in [6, 6.07) is 37.0. The fourth-order valence-electron chi connectivity index (χ4n) is 4.90.